The molecule has 14 nitrogen and oxygen atoms in total. The zero-order valence-electron chi connectivity index (χ0n) is 31.7. The van der Waals surface area contributed by atoms with Gasteiger partial charge in [-0.25, -0.2) is 19.6 Å². The quantitative estimate of drug-likeness (QED) is 0.101. The molecule has 0 spiro atoms. The van der Waals surface area contributed by atoms with E-state index in [-0.39, 0.29) is 35.9 Å². The Balaban J connectivity index is 0.914. The van der Waals surface area contributed by atoms with Crippen LogP contribution >= 0.6 is 0 Å². The predicted octanol–water partition coefficient (Wildman–Crippen LogP) is 6.99. The molecule has 14 heteroatoms. The number of rotatable bonds is 10. The molecule has 3 aromatic carbocycles. The first-order chi connectivity index (χ1) is 27.8. The van der Waals surface area contributed by atoms with Gasteiger partial charge in [-0.15, -0.1) is 0 Å². The molecule has 57 heavy (non-hydrogen) atoms. The first kappa shape index (κ1) is 37.5. The normalized spacial score (nSPS) is 21.0. The first-order valence-electron chi connectivity index (χ1n) is 19.6. The maximum absolute atomic E-state index is 13.7. The van der Waals surface area contributed by atoms with E-state index in [2.05, 4.69) is 62.0 Å². The lowest BCUT2D eigenvalue weighted by molar-refractivity contribution is -0.137. The molecule has 1 saturated carbocycles. The molecule has 8 rings (SSSR count). The zero-order chi connectivity index (χ0) is 39.5. The van der Waals surface area contributed by atoms with E-state index in [1.54, 1.807) is 35.4 Å². The second-order valence-electron chi connectivity index (χ2n) is 15.0. The lowest BCUT2D eigenvalue weighted by Gasteiger charge is -2.29. The smallest absolute Gasteiger partial charge is 0.407 e. The molecule has 2 aromatic heterocycles. The standard InChI is InChI=1S/C43H46N8O6/c1-57-43(56)48-32-11-5-10-31(32)40(52)50-22-6-12-35(50)38-44-24-33(46-38)28-18-14-26(15-19-28)27-16-20-29(21-17-27)34-25-45-39(47-34)36-13-7-23-51(36)41(53)37(49-42(54)55)30-8-3-2-4-9-30/h2-4,8-9,14-21,24-25,31-32,35-37,49H,5-7,10-13,22-23H2,1H3,(H,44,46)(H,45,47)(H,48,56)(H,54,55)/t31-,32-,35-,36-,37+/m0/s1. The number of hydrogen-bond donors (Lipinski definition) is 5. The molecule has 0 radical (unpaired) electrons. The summed E-state index contributed by atoms with van der Waals surface area (Å²) in [5.41, 5.74) is 6.34. The summed E-state index contributed by atoms with van der Waals surface area (Å²) < 4.78 is 4.79. The molecule has 3 fully saturated rings. The molecular formula is C43H46N8O6. The molecular weight excluding hydrogens is 725 g/mol. The van der Waals surface area contributed by atoms with Crippen LogP contribution in [-0.2, 0) is 14.3 Å². The number of benzene rings is 3. The van der Waals surface area contributed by atoms with E-state index in [1.807, 2.05) is 29.3 Å². The number of hydrogen-bond acceptors (Lipinski definition) is 7. The highest BCUT2D eigenvalue weighted by atomic mass is 16.5. The van der Waals surface area contributed by atoms with Crippen molar-refractivity contribution in [1.82, 2.24) is 40.4 Å². The van der Waals surface area contributed by atoms with Crippen molar-refractivity contribution in [3.05, 3.63) is 108 Å². The van der Waals surface area contributed by atoms with Crippen LogP contribution in [-0.4, -0.2) is 85.1 Å². The Bertz CT molecular complexity index is 2220. The van der Waals surface area contributed by atoms with Crippen LogP contribution in [0.4, 0.5) is 9.59 Å². The van der Waals surface area contributed by atoms with Gasteiger partial charge in [0.15, 0.2) is 0 Å². The minimum atomic E-state index is -1.26. The van der Waals surface area contributed by atoms with Crippen LogP contribution < -0.4 is 10.6 Å². The Morgan fingerprint density at radius 1 is 0.719 bits per heavy atom. The fourth-order valence-electron chi connectivity index (χ4n) is 8.69. The van der Waals surface area contributed by atoms with Gasteiger partial charge in [-0.2, -0.15) is 0 Å². The fraction of sp³-hybridized carbons (Fsp3) is 0.349. The van der Waals surface area contributed by atoms with Crippen molar-refractivity contribution in [3.8, 4) is 33.6 Å². The fourth-order valence-corrected chi connectivity index (χ4v) is 8.69. The highest BCUT2D eigenvalue weighted by Gasteiger charge is 2.41. The van der Waals surface area contributed by atoms with Crippen molar-refractivity contribution >= 4 is 24.0 Å². The molecule has 4 amide bonds. The van der Waals surface area contributed by atoms with Crippen LogP contribution in [0.5, 0.6) is 0 Å². The average molecular weight is 771 g/mol. The van der Waals surface area contributed by atoms with Crippen LogP contribution in [0.1, 0.15) is 80.3 Å². The van der Waals surface area contributed by atoms with Gasteiger partial charge in [-0.1, -0.05) is 85.3 Å². The van der Waals surface area contributed by atoms with Gasteiger partial charge in [-0.3, -0.25) is 9.59 Å². The van der Waals surface area contributed by atoms with E-state index in [9.17, 15) is 24.3 Å². The third-order valence-corrected chi connectivity index (χ3v) is 11.6. The number of methoxy groups -OCH3 is 1. The number of alkyl carbamates (subject to hydrolysis) is 1. The predicted molar refractivity (Wildman–Crippen MR) is 211 cm³/mol. The summed E-state index contributed by atoms with van der Waals surface area (Å²) in [6.45, 7) is 1.18. The monoisotopic (exact) mass is 770 g/mol. The molecule has 5 N–H and O–H groups in total. The number of carboxylic acid groups (broad SMARTS) is 1. The molecule has 2 saturated heterocycles. The number of imidazole rings is 2. The first-order valence-corrected chi connectivity index (χ1v) is 19.6. The van der Waals surface area contributed by atoms with Gasteiger partial charge in [0.2, 0.25) is 5.91 Å². The number of nitrogens with zero attached hydrogens (tertiary/aromatic N) is 4. The van der Waals surface area contributed by atoms with Gasteiger partial charge in [0.1, 0.15) is 17.7 Å². The van der Waals surface area contributed by atoms with Crippen molar-refractivity contribution < 1.29 is 29.0 Å². The summed E-state index contributed by atoms with van der Waals surface area (Å²) in [6.07, 6.45) is 7.47. The maximum Gasteiger partial charge on any atom is 0.407 e. The zero-order valence-corrected chi connectivity index (χ0v) is 31.7. The van der Waals surface area contributed by atoms with E-state index >= 15 is 0 Å². The van der Waals surface area contributed by atoms with Gasteiger partial charge in [0.05, 0.1) is 48.9 Å². The molecule has 3 aliphatic rings. The van der Waals surface area contributed by atoms with E-state index in [4.69, 9.17) is 9.72 Å². The van der Waals surface area contributed by atoms with E-state index < -0.39 is 18.2 Å². The van der Waals surface area contributed by atoms with Crippen molar-refractivity contribution in [1.29, 1.82) is 0 Å². The number of aromatic amines is 2. The molecule has 294 valence electrons. The molecule has 1 aliphatic carbocycles. The lowest BCUT2D eigenvalue weighted by Crippen LogP contribution is -2.45. The third-order valence-electron chi connectivity index (χ3n) is 11.6. The second kappa shape index (κ2) is 16.3. The number of H-pyrrole nitrogens is 2. The summed E-state index contributed by atoms with van der Waals surface area (Å²) in [5.74, 6) is 0.940. The van der Waals surface area contributed by atoms with Crippen LogP contribution in [0.2, 0.25) is 0 Å². The average Bonchev–Trinajstić information content (AvgIpc) is 4.09. The Labute approximate surface area is 330 Å². The summed E-state index contributed by atoms with van der Waals surface area (Å²) in [6, 6.07) is 23.7. The molecule has 0 bridgehead atoms. The van der Waals surface area contributed by atoms with Crippen LogP contribution in [0, 0.1) is 5.92 Å². The third kappa shape index (κ3) is 7.84. The van der Waals surface area contributed by atoms with Crippen LogP contribution in [0.25, 0.3) is 33.6 Å². The number of carbonyl (C=O) groups is 4. The van der Waals surface area contributed by atoms with Gasteiger partial charge in [0, 0.05) is 19.1 Å². The van der Waals surface area contributed by atoms with Crippen molar-refractivity contribution in [2.24, 2.45) is 5.92 Å². The Kier molecular flexibility index (Phi) is 10.7. The number of amides is 4. The number of ether oxygens (including phenoxy) is 1. The van der Waals surface area contributed by atoms with Crippen LogP contribution in [0.3, 0.4) is 0 Å². The molecule has 5 aromatic rings. The number of carbonyl (C=O) groups excluding carboxylic acids is 3. The van der Waals surface area contributed by atoms with Crippen molar-refractivity contribution in [3.63, 3.8) is 0 Å². The second-order valence-corrected chi connectivity index (χ2v) is 15.0. The Morgan fingerprint density at radius 2 is 1.26 bits per heavy atom. The maximum atomic E-state index is 13.7. The number of nitrogens with one attached hydrogen (secondary N) is 4. The highest BCUT2D eigenvalue weighted by molar-refractivity contribution is 5.87. The minimum absolute atomic E-state index is 0.0644. The van der Waals surface area contributed by atoms with Crippen LogP contribution in [0.15, 0.2) is 91.3 Å². The van der Waals surface area contributed by atoms with Crippen molar-refractivity contribution in [2.75, 3.05) is 20.2 Å². The number of aromatic nitrogens is 4. The van der Waals surface area contributed by atoms with Gasteiger partial charge in [0.25, 0.3) is 5.91 Å². The van der Waals surface area contributed by atoms with E-state index in [0.717, 1.165) is 84.4 Å². The van der Waals surface area contributed by atoms with Crippen molar-refractivity contribution in [2.45, 2.75) is 69.1 Å². The highest BCUT2D eigenvalue weighted by Crippen LogP contribution is 2.37. The summed E-state index contributed by atoms with van der Waals surface area (Å²) in [5, 5.41) is 14.7. The summed E-state index contributed by atoms with van der Waals surface area (Å²) in [4.78, 5) is 70.8. The minimum Gasteiger partial charge on any atom is -0.465 e. The lowest BCUT2D eigenvalue weighted by atomic mass is 10.0. The van der Waals surface area contributed by atoms with Gasteiger partial charge >= 0.3 is 12.2 Å². The molecule has 5 atom stereocenters. The summed E-state index contributed by atoms with van der Waals surface area (Å²) in [7, 11) is 1.34. The molecule has 2 aliphatic heterocycles. The van der Waals surface area contributed by atoms with Gasteiger partial charge < -0.3 is 40.2 Å². The largest absolute Gasteiger partial charge is 0.465 e. The number of likely N-dealkylation sites (tertiary alicyclic amines) is 2. The SMILES string of the molecule is COC(=O)N[C@H]1CCC[C@@H]1C(=O)N1CCC[C@H]1c1ncc(-c2ccc(-c3ccc(-c4cnc([C@@H]5CCCN5C(=O)[C@H](NC(=O)O)c5ccccc5)[nH]4)cc3)cc2)[nH]1. The summed E-state index contributed by atoms with van der Waals surface area (Å²) >= 11 is 0. The van der Waals surface area contributed by atoms with E-state index in [0.29, 0.717) is 24.5 Å². The molecule has 0 unspecified atom stereocenters. The topological polar surface area (TPSA) is 186 Å². The molecule has 4 heterocycles. The Morgan fingerprint density at radius 3 is 1.82 bits per heavy atom. The van der Waals surface area contributed by atoms with E-state index in [1.165, 1.54) is 7.11 Å². The van der Waals surface area contributed by atoms with Gasteiger partial charge in [-0.05, 0) is 66.3 Å². The Hall–Kier alpha value is -6.44.